The van der Waals surface area contributed by atoms with E-state index in [1.807, 2.05) is 19.2 Å². The molecule has 4 aliphatic rings. The first kappa shape index (κ1) is 32.0. The first-order chi connectivity index (χ1) is 19.4. The maximum Gasteiger partial charge on any atom is 0.471 e. The summed E-state index contributed by atoms with van der Waals surface area (Å²) in [5, 5.41) is 18.4. The van der Waals surface area contributed by atoms with Crippen molar-refractivity contribution < 1.29 is 42.3 Å². The Morgan fingerprint density at radius 2 is 1.69 bits per heavy atom. The van der Waals surface area contributed by atoms with Gasteiger partial charge in [-0.25, -0.2) is 0 Å². The minimum Gasteiger partial charge on any atom is -0.381 e. The number of alkyl halides is 3. The molecule has 0 bridgehead atoms. The number of amides is 5. The van der Waals surface area contributed by atoms with Crippen molar-refractivity contribution >= 4 is 29.5 Å². The number of nitrogens with one attached hydrogen (secondary N) is 3. The number of piperidine rings is 1. The summed E-state index contributed by atoms with van der Waals surface area (Å²) in [5.74, 6) is -5.48. The van der Waals surface area contributed by atoms with Gasteiger partial charge < -0.3 is 30.9 Å². The number of likely N-dealkylation sites (tertiary alicyclic amines) is 2. The van der Waals surface area contributed by atoms with Crippen LogP contribution in [0.4, 0.5) is 13.2 Å². The van der Waals surface area contributed by atoms with Crippen LogP contribution in [0, 0.1) is 28.6 Å². The zero-order valence-electron chi connectivity index (χ0n) is 24.7. The van der Waals surface area contributed by atoms with Gasteiger partial charge in [0.1, 0.15) is 12.1 Å². The highest BCUT2D eigenvalue weighted by Gasteiger charge is 2.70. The number of aliphatic hydroxyl groups excluding tert-OH is 1. The van der Waals surface area contributed by atoms with Gasteiger partial charge in [0.05, 0.1) is 6.04 Å². The van der Waals surface area contributed by atoms with Crippen molar-refractivity contribution in [2.24, 2.45) is 28.6 Å². The molecule has 4 N–H and O–H groups in total. The smallest absolute Gasteiger partial charge is 0.381 e. The number of rotatable bonds is 8. The molecule has 0 aromatic rings. The molecule has 14 heteroatoms. The van der Waals surface area contributed by atoms with Gasteiger partial charge in [0.25, 0.3) is 5.91 Å². The van der Waals surface area contributed by atoms with Gasteiger partial charge in [-0.05, 0) is 48.3 Å². The van der Waals surface area contributed by atoms with E-state index in [-0.39, 0.29) is 36.1 Å². The highest BCUT2D eigenvalue weighted by molar-refractivity contribution is 5.95. The van der Waals surface area contributed by atoms with Gasteiger partial charge in [-0.15, -0.1) is 0 Å². The van der Waals surface area contributed by atoms with Gasteiger partial charge in [0.15, 0.2) is 6.10 Å². The fourth-order valence-electron chi connectivity index (χ4n) is 6.85. The number of carbonyl (C=O) groups excluding carboxylic acids is 5. The topological polar surface area (TPSA) is 148 Å². The number of halogens is 3. The van der Waals surface area contributed by atoms with E-state index in [0.717, 1.165) is 12.8 Å². The number of carbonyl (C=O) groups is 5. The van der Waals surface area contributed by atoms with Crippen molar-refractivity contribution in [3.05, 3.63) is 0 Å². The molecule has 1 aliphatic carbocycles. The van der Waals surface area contributed by atoms with E-state index in [1.54, 1.807) is 0 Å². The van der Waals surface area contributed by atoms with E-state index in [0.29, 0.717) is 26.1 Å². The highest BCUT2D eigenvalue weighted by atomic mass is 19.4. The van der Waals surface area contributed by atoms with Crippen LogP contribution in [0.2, 0.25) is 0 Å². The van der Waals surface area contributed by atoms with Crippen molar-refractivity contribution in [3.63, 3.8) is 0 Å². The molecule has 3 saturated heterocycles. The van der Waals surface area contributed by atoms with E-state index in [4.69, 9.17) is 0 Å². The van der Waals surface area contributed by atoms with Crippen molar-refractivity contribution in [2.45, 2.75) is 90.7 Å². The van der Waals surface area contributed by atoms with Crippen LogP contribution in [-0.2, 0) is 24.0 Å². The average molecular weight is 602 g/mol. The maximum absolute atomic E-state index is 13.9. The van der Waals surface area contributed by atoms with E-state index >= 15 is 0 Å². The summed E-state index contributed by atoms with van der Waals surface area (Å²) in [6, 6.07) is -3.79. The molecular weight excluding hydrogens is 559 g/mol. The predicted molar refractivity (Wildman–Crippen MR) is 143 cm³/mol. The molecule has 11 nitrogen and oxygen atoms in total. The van der Waals surface area contributed by atoms with Crippen molar-refractivity contribution in [1.29, 1.82) is 0 Å². The van der Waals surface area contributed by atoms with Gasteiger partial charge in [-0.1, -0.05) is 34.6 Å². The second-order valence-corrected chi connectivity index (χ2v) is 13.8. The molecule has 7 atom stereocenters. The lowest BCUT2D eigenvalue weighted by Crippen LogP contribution is -2.62. The van der Waals surface area contributed by atoms with Crippen LogP contribution < -0.4 is 16.0 Å². The third-order valence-corrected chi connectivity index (χ3v) is 9.49. The van der Waals surface area contributed by atoms with E-state index in [1.165, 1.54) is 30.6 Å². The number of hydrogen-bond acceptors (Lipinski definition) is 6. The van der Waals surface area contributed by atoms with Crippen LogP contribution in [-0.4, -0.2) is 101 Å². The third-order valence-electron chi connectivity index (χ3n) is 9.49. The van der Waals surface area contributed by atoms with Crippen molar-refractivity contribution in [1.82, 2.24) is 25.8 Å². The summed E-state index contributed by atoms with van der Waals surface area (Å²) in [4.78, 5) is 67.7. The first-order valence-corrected chi connectivity index (χ1v) is 14.6. The van der Waals surface area contributed by atoms with Gasteiger partial charge in [0.2, 0.25) is 17.7 Å². The quantitative estimate of drug-likeness (QED) is 0.320. The average Bonchev–Trinajstić information content (AvgIpc) is 3.46. The Labute approximate surface area is 243 Å². The Kier molecular flexibility index (Phi) is 8.62. The van der Waals surface area contributed by atoms with Crippen LogP contribution in [0.15, 0.2) is 0 Å². The van der Waals surface area contributed by atoms with Crippen molar-refractivity contribution in [3.8, 4) is 0 Å². The summed E-state index contributed by atoms with van der Waals surface area (Å²) in [6.07, 6.45) is -4.78. The summed E-state index contributed by atoms with van der Waals surface area (Å²) >= 11 is 0. The van der Waals surface area contributed by atoms with Crippen LogP contribution in [0.5, 0.6) is 0 Å². The minimum absolute atomic E-state index is 0.00271. The molecule has 1 saturated carbocycles. The molecule has 4 rings (SSSR count). The van der Waals surface area contributed by atoms with Crippen LogP contribution >= 0.6 is 0 Å². The molecule has 0 spiro atoms. The van der Waals surface area contributed by atoms with Gasteiger partial charge in [-0.3, -0.25) is 24.0 Å². The summed E-state index contributed by atoms with van der Waals surface area (Å²) < 4.78 is 39.4. The number of aliphatic hydroxyl groups is 1. The predicted octanol–water partition coefficient (Wildman–Crippen LogP) is 0.557. The normalized spacial score (nSPS) is 28.9. The molecule has 0 radical (unpaired) electrons. The first-order valence-electron chi connectivity index (χ1n) is 14.6. The maximum atomic E-state index is 13.9. The SMILES string of the molecule is CC(C)(C)C(NC(=O)C(F)(F)F)C(=O)N1C[C@H]2[C@@H]([C@H]1C(=O)N[C@@H](CC1CCNC1=O)C(O)C(=O)N1CCCC1)C2(C)C. The second-order valence-electron chi connectivity index (χ2n) is 13.8. The largest absolute Gasteiger partial charge is 0.471 e. The molecule has 0 aromatic carbocycles. The Bertz CT molecular complexity index is 1120. The molecule has 42 heavy (non-hydrogen) atoms. The molecule has 3 aliphatic heterocycles. The van der Waals surface area contributed by atoms with Crippen molar-refractivity contribution in [2.75, 3.05) is 26.2 Å². The minimum atomic E-state index is -5.20. The lowest BCUT2D eigenvalue weighted by Gasteiger charge is -2.38. The van der Waals surface area contributed by atoms with Crippen LogP contribution in [0.1, 0.15) is 60.3 Å². The Morgan fingerprint density at radius 3 is 2.21 bits per heavy atom. The molecule has 0 aromatic heterocycles. The van der Waals surface area contributed by atoms with Crippen LogP contribution in [0.25, 0.3) is 0 Å². The standard InChI is InChI=1S/C28H42F3N5O6/c1-26(2,3)20(34-25(42)28(29,30)31)24(41)36-13-15-17(27(15,4)5)18(36)22(39)33-16(12-14-8-9-32-21(14)38)19(37)23(40)35-10-6-7-11-35/h14-20,37H,6-13H2,1-5H3,(H,32,38)(H,33,39)(H,34,42)/t14?,15-,16-,17-,18-,19?,20?/m0/s1. The molecular formula is C28H42F3N5O6. The molecule has 236 valence electrons. The van der Waals surface area contributed by atoms with Gasteiger partial charge >= 0.3 is 12.1 Å². The summed E-state index contributed by atoms with van der Waals surface area (Å²) in [6.45, 7) is 9.91. The monoisotopic (exact) mass is 601 g/mol. The molecule has 4 fully saturated rings. The fraction of sp³-hybridized carbons (Fsp3) is 0.821. The fourth-order valence-corrected chi connectivity index (χ4v) is 6.85. The lowest BCUT2D eigenvalue weighted by atomic mass is 9.85. The third kappa shape index (κ3) is 6.23. The molecule has 3 unspecified atom stereocenters. The number of nitrogens with zero attached hydrogens (tertiary/aromatic N) is 2. The Hall–Kier alpha value is -2.90. The summed E-state index contributed by atoms with van der Waals surface area (Å²) in [7, 11) is 0. The highest BCUT2D eigenvalue weighted by Crippen LogP contribution is 2.65. The zero-order valence-corrected chi connectivity index (χ0v) is 24.7. The summed E-state index contributed by atoms with van der Waals surface area (Å²) in [5.41, 5.74) is -1.45. The molecule has 5 amide bonds. The molecule has 3 heterocycles. The zero-order chi connectivity index (χ0) is 31.4. The second kappa shape index (κ2) is 11.3. The van der Waals surface area contributed by atoms with Gasteiger partial charge in [-0.2, -0.15) is 13.2 Å². The Balaban J connectivity index is 1.59. The van der Waals surface area contributed by atoms with Gasteiger partial charge in [0, 0.05) is 32.1 Å². The Morgan fingerprint density at radius 1 is 1.07 bits per heavy atom. The number of hydrogen-bond donors (Lipinski definition) is 4. The van der Waals surface area contributed by atoms with E-state index < -0.39 is 65.4 Å². The number of fused-ring (bicyclic) bond motifs is 1. The lowest BCUT2D eigenvalue weighted by molar-refractivity contribution is -0.176. The van der Waals surface area contributed by atoms with E-state index in [2.05, 4.69) is 10.6 Å². The van der Waals surface area contributed by atoms with Crippen LogP contribution in [0.3, 0.4) is 0 Å². The van der Waals surface area contributed by atoms with E-state index in [9.17, 15) is 42.3 Å².